The molecular weight excluding hydrogens is 364 g/mol. The van der Waals surface area contributed by atoms with Gasteiger partial charge in [-0.2, -0.15) is 0 Å². The SMILES string of the molecule is O=C(NC(=S)NCCOc1ccc(Br)cc1)c1ccccc1. The minimum Gasteiger partial charge on any atom is -0.492 e. The van der Waals surface area contributed by atoms with Gasteiger partial charge in [-0.05, 0) is 48.6 Å². The van der Waals surface area contributed by atoms with Gasteiger partial charge in [0.05, 0.1) is 6.54 Å². The van der Waals surface area contributed by atoms with Gasteiger partial charge in [-0.3, -0.25) is 10.1 Å². The van der Waals surface area contributed by atoms with E-state index in [1.165, 1.54) is 0 Å². The lowest BCUT2D eigenvalue weighted by atomic mass is 10.2. The Bertz CT molecular complexity index is 632. The summed E-state index contributed by atoms with van der Waals surface area (Å²) in [4.78, 5) is 11.9. The van der Waals surface area contributed by atoms with Crippen LogP contribution in [0.4, 0.5) is 0 Å². The molecular formula is C16H15BrN2O2S. The molecule has 2 N–H and O–H groups in total. The maximum Gasteiger partial charge on any atom is 0.257 e. The molecule has 0 bridgehead atoms. The second-order valence-electron chi connectivity index (χ2n) is 4.38. The van der Waals surface area contributed by atoms with Gasteiger partial charge < -0.3 is 10.1 Å². The summed E-state index contributed by atoms with van der Waals surface area (Å²) >= 11 is 8.44. The summed E-state index contributed by atoms with van der Waals surface area (Å²) in [5.74, 6) is 0.552. The van der Waals surface area contributed by atoms with Gasteiger partial charge in [-0.15, -0.1) is 0 Å². The van der Waals surface area contributed by atoms with Crippen molar-refractivity contribution in [2.24, 2.45) is 0 Å². The van der Waals surface area contributed by atoms with Crippen molar-refractivity contribution in [2.75, 3.05) is 13.2 Å². The highest BCUT2D eigenvalue weighted by Crippen LogP contribution is 2.15. The Morgan fingerprint density at radius 1 is 1.09 bits per heavy atom. The van der Waals surface area contributed by atoms with Crippen molar-refractivity contribution >= 4 is 39.2 Å². The maximum atomic E-state index is 11.9. The highest BCUT2D eigenvalue weighted by Gasteiger charge is 2.06. The maximum absolute atomic E-state index is 11.9. The molecule has 114 valence electrons. The Kier molecular flexibility index (Phi) is 6.36. The number of thiocarbonyl (C=S) groups is 1. The van der Waals surface area contributed by atoms with E-state index in [0.29, 0.717) is 18.7 Å². The van der Waals surface area contributed by atoms with Gasteiger partial charge in [0.25, 0.3) is 5.91 Å². The van der Waals surface area contributed by atoms with Crippen LogP contribution < -0.4 is 15.4 Å². The Morgan fingerprint density at radius 3 is 2.45 bits per heavy atom. The van der Waals surface area contributed by atoms with E-state index in [1.807, 2.05) is 30.3 Å². The fraction of sp³-hybridized carbons (Fsp3) is 0.125. The quantitative estimate of drug-likeness (QED) is 0.619. The number of amides is 1. The molecule has 2 aromatic rings. The van der Waals surface area contributed by atoms with Crippen molar-refractivity contribution in [1.82, 2.24) is 10.6 Å². The van der Waals surface area contributed by atoms with Gasteiger partial charge in [0.15, 0.2) is 5.11 Å². The van der Waals surface area contributed by atoms with Crippen molar-refractivity contribution in [1.29, 1.82) is 0 Å². The summed E-state index contributed by atoms with van der Waals surface area (Å²) in [6.45, 7) is 0.951. The number of rotatable bonds is 5. The van der Waals surface area contributed by atoms with Crippen molar-refractivity contribution in [2.45, 2.75) is 0 Å². The molecule has 0 saturated heterocycles. The van der Waals surface area contributed by atoms with Crippen LogP contribution in [0.1, 0.15) is 10.4 Å². The lowest BCUT2D eigenvalue weighted by molar-refractivity contribution is 0.0976. The largest absolute Gasteiger partial charge is 0.492 e. The summed E-state index contributed by atoms with van der Waals surface area (Å²) in [5, 5.41) is 5.84. The summed E-state index contributed by atoms with van der Waals surface area (Å²) in [6.07, 6.45) is 0. The van der Waals surface area contributed by atoms with Crippen LogP contribution >= 0.6 is 28.1 Å². The van der Waals surface area contributed by atoms with E-state index in [0.717, 1.165) is 10.2 Å². The molecule has 0 fully saturated rings. The van der Waals surface area contributed by atoms with Gasteiger partial charge in [0.2, 0.25) is 0 Å². The number of benzene rings is 2. The monoisotopic (exact) mass is 378 g/mol. The Hall–Kier alpha value is -1.92. The molecule has 0 aromatic heterocycles. The molecule has 0 atom stereocenters. The molecule has 4 nitrogen and oxygen atoms in total. The molecule has 0 aliphatic heterocycles. The van der Waals surface area contributed by atoms with Gasteiger partial charge in [-0.25, -0.2) is 0 Å². The number of halogens is 1. The van der Waals surface area contributed by atoms with Gasteiger partial charge >= 0.3 is 0 Å². The average Bonchev–Trinajstić information content (AvgIpc) is 2.54. The van der Waals surface area contributed by atoms with Crippen LogP contribution in [0.5, 0.6) is 5.75 Å². The lowest BCUT2D eigenvalue weighted by Gasteiger charge is -2.10. The van der Waals surface area contributed by atoms with Crippen molar-refractivity contribution in [3.63, 3.8) is 0 Å². The predicted molar refractivity (Wildman–Crippen MR) is 94.1 cm³/mol. The predicted octanol–water partition coefficient (Wildman–Crippen LogP) is 3.13. The number of carbonyl (C=O) groups excluding carboxylic acids is 1. The van der Waals surface area contributed by atoms with Crippen LogP contribution in [0.3, 0.4) is 0 Å². The van der Waals surface area contributed by atoms with Crippen LogP contribution in [0.25, 0.3) is 0 Å². The third-order valence-corrected chi connectivity index (χ3v) is 3.51. The van der Waals surface area contributed by atoms with Gasteiger partial charge in [-0.1, -0.05) is 34.1 Å². The second-order valence-corrected chi connectivity index (χ2v) is 5.70. The zero-order valence-corrected chi connectivity index (χ0v) is 14.1. The normalized spacial score (nSPS) is 9.86. The number of nitrogens with one attached hydrogen (secondary N) is 2. The number of ether oxygens (including phenoxy) is 1. The van der Waals surface area contributed by atoms with Crippen LogP contribution in [0.2, 0.25) is 0 Å². The first-order valence-corrected chi connectivity index (χ1v) is 7.88. The fourth-order valence-corrected chi connectivity index (χ4v) is 2.13. The minimum atomic E-state index is -0.230. The van der Waals surface area contributed by atoms with E-state index in [4.69, 9.17) is 17.0 Å². The molecule has 0 unspecified atom stereocenters. The van der Waals surface area contributed by atoms with Crippen molar-refractivity contribution in [3.05, 3.63) is 64.6 Å². The van der Waals surface area contributed by atoms with E-state index < -0.39 is 0 Å². The van der Waals surface area contributed by atoms with Crippen LogP contribution in [0.15, 0.2) is 59.1 Å². The van der Waals surface area contributed by atoms with Gasteiger partial charge in [0, 0.05) is 10.0 Å². The molecule has 0 aliphatic rings. The number of carbonyl (C=O) groups is 1. The molecule has 6 heteroatoms. The van der Waals surface area contributed by atoms with Crippen molar-refractivity contribution < 1.29 is 9.53 Å². The average molecular weight is 379 g/mol. The first-order chi connectivity index (χ1) is 10.6. The first-order valence-electron chi connectivity index (χ1n) is 6.68. The Morgan fingerprint density at radius 2 is 1.77 bits per heavy atom. The first kappa shape index (κ1) is 16.5. The van der Waals surface area contributed by atoms with Crippen LogP contribution in [-0.2, 0) is 0 Å². The molecule has 1 amide bonds. The van der Waals surface area contributed by atoms with E-state index in [1.54, 1.807) is 24.3 Å². The van der Waals surface area contributed by atoms with Crippen molar-refractivity contribution in [3.8, 4) is 5.75 Å². The number of hydrogen-bond acceptors (Lipinski definition) is 3. The molecule has 0 saturated carbocycles. The zero-order chi connectivity index (χ0) is 15.8. The highest BCUT2D eigenvalue weighted by atomic mass is 79.9. The Labute approximate surface area is 143 Å². The molecule has 0 heterocycles. The Balaban J connectivity index is 1.67. The van der Waals surface area contributed by atoms with Crippen LogP contribution in [-0.4, -0.2) is 24.2 Å². The molecule has 22 heavy (non-hydrogen) atoms. The van der Waals surface area contributed by atoms with Gasteiger partial charge in [0.1, 0.15) is 12.4 Å². The zero-order valence-electron chi connectivity index (χ0n) is 11.7. The fourth-order valence-electron chi connectivity index (χ4n) is 1.67. The highest BCUT2D eigenvalue weighted by molar-refractivity contribution is 9.10. The molecule has 0 aliphatic carbocycles. The van der Waals surface area contributed by atoms with E-state index in [9.17, 15) is 4.79 Å². The summed E-state index contributed by atoms with van der Waals surface area (Å²) in [6, 6.07) is 16.5. The summed E-state index contributed by atoms with van der Waals surface area (Å²) in [5.41, 5.74) is 0.567. The van der Waals surface area contributed by atoms with E-state index >= 15 is 0 Å². The third-order valence-electron chi connectivity index (χ3n) is 2.73. The topological polar surface area (TPSA) is 50.4 Å². The molecule has 2 rings (SSSR count). The molecule has 0 radical (unpaired) electrons. The van der Waals surface area contributed by atoms with E-state index in [2.05, 4.69) is 26.6 Å². The summed E-state index contributed by atoms with van der Waals surface area (Å²) in [7, 11) is 0. The van der Waals surface area contributed by atoms with E-state index in [-0.39, 0.29) is 11.0 Å². The standard InChI is InChI=1S/C16H15BrN2O2S/c17-13-6-8-14(9-7-13)21-11-10-18-16(22)19-15(20)12-4-2-1-3-5-12/h1-9H,10-11H2,(H2,18,19,20,22). The smallest absolute Gasteiger partial charge is 0.257 e. The second kappa shape index (κ2) is 8.51. The lowest BCUT2D eigenvalue weighted by Crippen LogP contribution is -2.40. The molecule has 0 spiro atoms. The minimum absolute atomic E-state index is 0.230. The third kappa shape index (κ3) is 5.46. The van der Waals surface area contributed by atoms with Crippen LogP contribution in [0, 0.1) is 0 Å². The molecule has 2 aromatic carbocycles. The number of hydrogen-bond donors (Lipinski definition) is 2. The summed E-state index contributed by atoms with van der Waals surface area (Å²) < 4.78 is 6.55.